The monoisotopic (exact) mass is 516 g/mol. The number of hydrogen-bond acceptors (Lipinski definition) is 4. The number of ether oxygens (including phenoxy) is 1. The third-order valence-corrected chi connectivity index (χ3v) is 4.94. The van der Waals surface area contributed by atoms with Crippen LogP contribution in [0.1, 0.15) is 16.0 Å². The molecule has 2 N–H and O–H groups in total. The van der Waals surface area contributed by atoms with Crippen LogP contribution in [0.4, 0.5) is 0 Å². The van der Waals surface area contributed by atoms with E-state index in [1.807, 2.05) is 31.2 Å². The molecule has 0 saturated carbocycles. The van der Waals surface area contributed by atoms with Crippen molar-refractivity contribution in [1.82, 2.24) is 15.5 Å². The Morgan fingerprint density at radius 3 is 2.68 bits per heavy atom. The maximum atomic E-state index is 11.9. The molecule has 6 nitrogen and oxygen atoms in total. The van der Waals surface area contributed by atoms with Gasteiger partial charge in [0, 0.05) is 31.1 Å². The fraction of sp³-hybridized carbons (Fsp3) is 0.400. The molecule has 0 saturated heterocycles. The summed E-state index contributed by atoms with van der Waals surface area (Å²) in [5.74, 6) is 1.43. The molecule has 1 aromatic heterocycles. The molecule has 2 aromatic rings. The van der Waals surface area contributed by atoms with E-state index in [4.69, 9.17) is 4.74 Å². The van der Waals surface area contributed by atoms with E-state index in [0.29, 0.717) is 12.5 Å². The summed E-state index contributed by atoms with van der Waals surface area (Å²) < 4.78 is 5.45. The number of likely N-dealkylation sites (N-methyl/N-ethyl adjacent to an activating group) is 1. The molecule has 1 amide bonds. The topological polar surface area (TPSA) is 66.0 Å². The van der Waals surface area contributed by atoms with Crippen LogP contribution in [-0.4, -0.2) is 51.1 Å². The maximum absolute atomic E-state index is 11.9. The number of benzene rings is 1. The zero-order valence-corrected chi connectivity index (χ0v) is 20.0. The number of aryl methyl sites for hydroxylation is 1. The summed E-state index contributed by atoms with van der Waals surface area (Å²) in [7, 11) is 5.14. The largest absolute Gasteiger partial charge is 0.496 e. The first-order valence-electron chi connectivity index (χ1n) is 8.88. The predicted octanol–water partition coefficient (Wildman–Crippen LogP) is 3.05. The van der Waals surface area contributed by atoms with Gasteiger partial charge < -0.3 is 20.3 Å². The highest BCUT2D eigenvalue weighted by molar-refractivity contribution is 14.0. The lowest BCUT2D eigenvalue weighted by atomic mass is 10.1. The van der Waals surface area contributed by atoms with Crippen molar-refractivity contribution < 1.29 is 9.53 Å². The Balaban J connectivity index is 0.00000392. The molecule has 2 rings (SSSR count). The van der Waals surface area contributed by atoms with Gasteiger partial charge in [0.2, 0.25) is 5.91 Å². The third-order valence-electron chi connectivity index (χ3n) is 4.00. The van der Waals surface area contributed by atoms with Gasteiger partial charge in [0.25, 0.3) is 0 Å². The lowest BCUT2D eigenvalue weighted by Crippen LogP contribution is -2.43. The SMILES string of the molecule is COc1cc(C)ccc1CN=C(NCCc1cccs1)NCC(=O)N(C)C.I. The van der Waals surface area contributed by atoms with Crippen molar-refractivity contribution >= 4 is 47.2 Å². The van der Waals surface area contributed by atoms with E-state index in [1.54, 1.807) is 37.4 Å². The van der Waals surface area contributed by atoms with Crippen LogP contribution in [0, 0.1) is 6.92 Å². The van der Waals surface area contributed by atoms with E-state index in [2.05, 4.69) is 27.1 Å². The van der Waals surface area contributed by atoms with Gasteiger partial charge in [-0.1, -0.05) is 18.2 Å². The number of amides is 1. The Kier molecular flexibility index (Phi) is 10.9. The summed E-state index contributed by atoms with van der Waals surface area (Å²) in [6.45, 7) is 3.44. The fourth-order valence-electron chi connectivity index (χ4n) is 2.40. The molecule has 0 spiro atoms. The van der Waals surface area contributed by atoms with E-state index < -0.39 is 0 Å². The highest BCUT2D eigenvalue weighted by atomic mass is 127. The summed E-state index contributed by atoms with van der Waals surface area (Å²) in [6, 6.07) is 10.2. The average Bonchev–Trinajstić information content (AvgIpc) is 3.17. The quantitative estimate of drug-likeness (QED) is 0.322. The van der Waals surface area contributed by atoms with Crippen LogP contribution < -0.4 is 15.4 Å². The van der Waals surface area contributed by atoms with Gasteiger partial charge in [-0.2, -0.15) is 0 Å². The fourth-order valence-corrected chi connectivity index (χ4v) is 3.11. The summed E-state index contributed by atoms with van der Waals surface area (Å²) >= 11 is 1.74. The number of methoxy groups -OCH3 is 1. The van der Waals surface area contributed by atoms with Crippen LogP contribution in [-0.2, 0) is 17.8 Å². The van der Waals surface area contributed by atoms with Crippen molar-refractivity contribution in [3.63, 3.8) is 0 Å². The van der Waals surface area contributed by atoms with Crippen LogP contribution in [0.25, 0.3) is 0 Å². The van der Waals surface area contributed by atoms with Crippen LogP contribution >= 0.6 is 35.3 Å². The lowest BCUT2D eigenvalue weighted by Gasteiger charge is -2.15. The van der Waals surface area contributed by atoms with Crippen molar-refractivity contribution in [3.8, 4) is 5.75 Å². The number of hydrogen-bond donors (Lipinski definition) is 2. The van der Waals surface area contributed by atoms with E-state index in [9.17, 15) is 4.79 Å². The molecular formula is C20H29IN4O2S. The van der Waals surface area contributed by atoms with Gasteiger partial charge >= 0.3 is 0 Å². The molecule has 0 unspecified atom stereocenters. The molecule has 28 heavy (non-hydrogen) atoms. The number of carbonyl (C=O) groups excluding carboxylic acids is 1. The minimum Gasteiger partial charge on any atom is -0.496 e. The van der Waals surface area contributed by atoms with E-state index in [-0.39, 0.29) is 36.4 Å². The van der Waals surface area contributed by atoms with Gasteiger partial charge in [0.1, 0.15) is 5.75 Å². The second-order valence-electron chi connectivity index (χ2n) is 6.38. The number of halogens is 1. The first-order chi connectivity index (χ1) is 13.0. The third kappa shape index (κ3) is 8.05. The Morgan fingerprint density at radius 2 is 2.04 bits per heavy atom. The van der Waals surface area contributed by atoms with E-state index in [0.717, 1.165) is 29.8 Å². The first-order valence-corrected chi connectivity index (χ1v) is 9.75. The molecule has 154 valence electrons. The Bertz CT molecular complexity index is 764. The molecule has 0 radical (unpaired) electrons. The lowest BCUT2D eigenvalue weighted by molar-refractivity contribution is -0.127. The van der Waals surface area contributed by atoms with Crippen LogP contribution in [0.5, 0.6) is 5.75 Å². The van der Waals surface area contributed by atoms with Crippen LogP contribution in [0.3, 0.4) is 0 Å². The highest BCUT2D eigenvalue weighted by Crippen LogP contribution is 2.20. The molecule has 0 atom stereocenters. The smallest absolute Gasteiger partial charge is 0.241 e. The van der Waals surface area contributed by atoms with Crippen LogP contribution in [0.2, 0.25) is 0 Å². The second kappa shape index (κ2) is 12.6. The van der Waals surface area contributed by atoms with Crippen molar-refractivity contribution in [2.24, 2.45) is 4.99 Å². The van der Waals surface area contributed by atoms with Gasteiger partial charge in [0.05, 0.1) is 20.2 Å². The summed E-state index contributed by atoms with van der Waals surface area (Å²) in [4.78, 5) is 19.4. The van der Waals surface area contributed by atoms with E-state index >= 15 is 0 Å². The highest BCUT2D eigenvalue weighted by Gasteiger charge is 2.07. The standard InChI is InChI=1S/C20H28N4O2S.HI/c1-15-7-8-16(18(12-15)26-4)13-22-20(23-14-19(25)24(2)3)21-10-9-17-6-5-11-27-17;/h5-8,11-12H,9-10,13-14H2,1-4H3,(H2,21,22,23);1H. The first kappa shape index (κ1) is 24.2. The van der Waals surface area contributed by atoms with Crippen molar-refractivity contribution in [2.75, 3.05) is 34.3 Å². The normalized spacial score (nSPS) is 10.8. The predicted molar refractivity (Wildman–Crippen MR) is 127 cm³/mol. The molecule has 1 aromatic carbocycles. The van der Waals surface area contributed by atoms with E-state index in [1.165, 1.54) is 4.88 Å². The minimum absolute atomic E-state index is 0. The van der Waals surface area contributed by atoms with Crippen molar-refractivity contribution in [1.29, 1.82) is 0 Å². The summed E-state index contributed by atoms with van der Waals surface area (Å²) in [5, 5.41) is 8.49. The Labute approximate surface area is 188 Å². The summed E-state index contributed by atoms with van der Waals surface area (Å²) in [6.07, 6.45) is 0.911. The molecule has 0 aliphatic rings. The Morgan fingerprint density at radius 1 is 1.25 bits per heavy atom. The molecule has 0 bridgehead atoms. The average molecular weight is 516 g/mol. The van der Waals surface area contributed by atoms with Crippen molar-refractivity contribution in [2.45, 2.75) is 19.9 Å². The number of nitrogens with zero attached hydrogens (tertiary/aromatic N) is 2. The number of aliphatic imine (C=N–C) groups is 1. The number of guanidine groups is 1. The summed E-state index contributed by atoms with van der Waals surface area (Å²) in [5.41, 5.74) is 2.14. The number of thiophene rings is 1. The number of nitrogens with one attached hydrogen (secondary N) is 2. The van der Waals surface area contributed by atoms with Crippen molar-refractivity contribution in [3.05, 3.63) is 51.7 Å². The second-order valence-corrected chi connectivity index (χ2v) is 7.41. The Hall–Kier alpha value is -1.81. The van der Waals surface area contributed by atoms with Gasteiger partial charge in [-0.3, -0.25) is 4.79 Å². The zero-order valence-electron chi connectivity index (χ0n) is 16.8. The number of rotatable bonds is 8. The zero-order chi connectivity index (χ0) is 19.6. The van der Waals surface area contributed by atoms with Gasteiger partial charge in [-0.15, -0.1) is 35.3 Å². The van der Waals surface area contributed by atoms with Crippen LogP contribution in [0.15, 0.2) is 40.7 Å². The molecular weight excluding hydrogens is 487 g/mol. The van der Waals surface area contributed by atoms with Gasteiger partial charge in [0.15, 0.2) is 5.96 Å². The van der Waals surface area contributed by atoms with Gasteiger partial charge in [-0.05, 0) is 36.4 Å². The minimum atomic E-state index is -0.00401. The molecule has 0 aliphatic carbocycles. The molecule has 8 heteroatoms. The number of carbonyl (C=O) groups is 1. The molecule has 0 aliphatic heterocycles. The molecule has 1 heterocycles. The van der Waals surface area contributed by atoms with Gasteiger partial charge in [-0.25, -0.2) is 4.99 Å². The maximum Gasteiger partial charge on any atom is 0.241 e. The molecule has 0 fully saturated rings.